The largest absolute Gasteiger partial charge is 0.467 e. The molecule has 1 aliphatic heterocycles. The number of nitrogens with zero attached hydrogens (tertiary/aromatic N) is 2. The molecular formula is C28H40N2O6. The fraction of sp³-hybridized carbons (Fsp3) is 0.750. The Bertz CT molecular complexity index is 1020. The van der Waals surface area contributed by atoms with Gasteiger partial charge in [-0.2, -0.15) is 0 Å². The fourth-order valence-electron chi connectivity index (χ4n) is 8.20. The Hall–Kier alpha value is -2.19. The van der Waals surface area contributed by atoms with E-state index in [4.69, 9.17) is 9.57 Å². The lowest BCUT2D eigenvalue weighted by Gasteiger charge is -2.58. The van der Waals surface area contributed by atoms with Crippen molar-refractivity contribution in [3.05, 3.63) is 23.8 Å². The summed E-state index contributed by atoms with van der Waals surface area (Å²) in [4.78, 5) is 31.3. The molecule has 5 aliphatic rings. The highest BCUT2D eigenvalue weighted by Crippen LogP contribution is 2.66. The van der Waals surface area contributed by atoms with Crippen LogP contribution in [0.15, 0.2) is 29.0 Å². The van der Waals surface area contributed by atoms with E-state index in [0.29, 0.717) is 23.5 Å². The maximum absolute atomic E-state index is 12.6. The first kappa shape index (κ1) is 25.5. The Kier molecular flexibility index (Phi) is 6.35. The number of ether oxygens (including phenoxy) is 1. The average molecular weight is 501 g/mol. The molecule has 4 aliphatic carbocycles. The molecule has 0 spiro atoms. The van der Waals surface area contributed by atoms with Crippen LogP contribution in [0.1, 0.15) is 65.7 Å². The van der Waals surface area contributed by atoms with Crippen LogP contribution in [0.5, 0.6) is 0 Å². The van der Waals surface area contributed by atoms with Crippen LogP contribution in [0, 0.1) is 28.6 Å². The van der Waals surface area contributed by atoms with Gasteiger partial charge in [0.1, 0.15) is 11.8 Å². The van der Waals surface area contributed by atoms with Crippen LogP contribution >= 0.6 is 0 Å². The van der Waals surface area contributed by atoms with Crippen LogP contribution in [0.3, 0.4) is 0 Å². The van der Waals surface area contributed by atoms with Gasteiger partial charge < -0.3 is 24.7 Å². The zero-order valence-corrected chi connectivity index (χ0v) is 21.9. The zero-order valence-electron chi connectivity index (χ0n) is 21.9. The van der Waals surface area contributed by atoms with Gasteiger partial charge in [-0.3, -0.25) is 4.79 Å². The number of aliphatic hydroxyl groups excluding tert-OH is 1. The molecule has 0 aromatic carbocycles. The number of allylic oxidation sites excluding steroid dienone is 4. The number of fused-ring (bicyclic) bond motifs is 5. The van der Waals surface area contributed by atoms with Crippen LogP contribution < -0.4 is 0 Å². The first-order chi connectivity index (χ1) is 17.0. The molecule has 0 aromatic heterocycles. The van der Waals surface area contributed by atoms with Gasteiger partial charge in [0.05, 0.1) is 18.8 Å². The Balaban J connectivity index is 1.24. The molecule has 5 rings (SSSR count). The van der Waals surface area contributed by atoms with E-state index in [9.17, 15) is 19.8 Å². The summed E-state index contributed by atoms with van der Waals surface area (Å²) in [5.41, 5.74) is 1.47. The smallest absolute Gasteiger partial charge is 0.328 e. The molecule has 1 saturated heterocycles. The van der Waals surface area contributed by atoms with E-state index in [0.717, 1.165) is 38.5 Å². The molecule has 8 atom stereocenters. The summed E-state index contributed by atoms with van der Waals surface area (Å²) in [5.74, 6) is 0.810. The van der Waals surface area contributed by atoms with Gasteiger partial charge in [-0.05, 0) is 80.8 Å². The Morgan fingerprint density at radius 1 is 1.17 bits per heavy atom. The van der Waals surface area contributed by atoms with Gasteiger partial charge in [0.25, 0.3) is 5.91 Å². The first-order valence-corrected chi connectivity index (χ1v) is 13.4. The van der Waals surface area contributed by atoms with Crippen molar-refractivity contribution >= 4 is 17.6 Å². The minimum absolute atomic E-state index is 0.00931. The monoisotopic (exact) mass is 500 g/mol. The minimum Gasteiger partial charge on any atom is -0.467 e. The standard InChI is InChI=1S/C28H40N2O6/c1-26-10-7-18(29-36-16-24(32)30-15-19(31)14-23(30)25(33)35-4)13-17(26)5-6-20-21(26)8-11-27(2)22(20)9-12-28(27,3)34/h7,10,13,19-23,31,34H,5-6,8-9,11-12,14-16H2,1-4H3/b29-18+/t19-,20-,21+,22+,23-,26+,27+,28+/m1/s1. The van der Waals surface area contributed by atoms with Crippen LogP contribution in [0.2, 0.25) is 0 Å². The van der Waals surface area contributed by atoms with Crippen LogP contribution in [-0.4, -0.2) is 70.7 Å². The molecule has 1 amide bonds. The molecular weight excluding hydrogens is 460 g/mol. The number of methoxy groups -OCH3 is 1. The van der Waals surface area contributed by atoms with E-state index in [1.807, 2.05) is 13.0 Å². The van der Waals surface area contributed by atoms with Gasteiger partial charge in [0, 0.05) is 18.4 Å². The summed E-state index contributed by atoms with van der Waals surface area (Å²) in [6, 6.07) is -0.790. The third-order valence-electron chi connectivity index (χ3n) is 10.6. The second-order valence-electron chi connectivity index (χ2n) is 12.2. The number of β-amino-alcohol motifs (C(OH)–C–C–N with tert-alkyl or cyclic N) is 1. The predicted molar refractivity (Wildman–Crippen MR) is 134 cm³/mol. The van der Waals surface area contributed by atoms with Crippen molar-refractivity contribution in [2.75, 3.05) is 20.3 Å². The second-order valence-corrected chi connectivity index (χ2v) is 12.2. The number of carbonyl (C=O) groups is 2. The molecule has 0 radical (unpaired) electrons. The van der Waals surface area contributed by atoms with Crippen molar-refractivity contribution in [1.29, 1.82) is 0 Å². The molecule has 1 heterocycles. The third kappa shape index (κ3) is 3.92. The van der Waals surface area contributed by atoms with Crippen LogP contribution in [0.4, 0.5) is 0 Å². The number of amides is 1. The molecule has 0 bridgehead atoms. The number of hydrogen-bond donors (Lipinski definition) is 2. The molecule has 198 valence electrons. The molecule has 8 heteroatoms. The van der Waals surface area contributed by atoms with Crippen molar-refractivity contribution in [3.63, 3.8) is 0 Å². The Morgan fingerprint density at radius 3 is 2.67 bits per heavy atom. The van der Waals surface area contributed by atoms with Crippen molar-refractivity contribution < 1.29 is 29.4 Å². The normalized spacial score (nSPS) is 44.5. The van der Waals surface area contributed by atoms with Crippen LogP contribution in [0.25, 0.3) is 0 Å². The van der Waals surface area contributed by atoms with E-state index in [1.54, 1.807) is 0 Å². The second kappa shape index (κ2) is 8.98. The average Bonchev–Trinajstić information content (AvgIpc) is 3.35. The maximum Gasteiger partial charge on any atom is 0.328 e. The van der Waals surface area contributed by atoms with Gasteiger partial charge >= 0.3 is 5.97 Å². The van der Waals surface area contributed by atoms with Crippen LogP contribution in [-0.2, 0) is 19.2 Å². The summed E-state index contributed by atoms with van der Waals surface area (Å²) >= 11 is 0. The third-order valence-corrected chi connectivity index (χ3v) is 10.6. The summed E-state index contributed by atoms with van der Waals surface area (Å²) in [6.07, 6.45) is 12.1. The summed E-state index contributed by atoms with van der Waals surface area (Å²) in [6.45, 7) is 6.47. The van der Waals surface area contributed by atoms with Gasteiger partial charge in [-0.15, -0.1) is 0 Å². The van der Waals surface area contributed by atoms with Crippen molar-refractivity contribution in [2.45, 2.75) is 83.5 Å². The maximum atomic E-state index is 12.6. The molecule has 36 heavy (non-hydrogen) atoms. The Morgan fingerprint density at radius 2 is 1.92 bits per heavy atom. The molecule has 0 unspecified atom stereocenters. The van der Waals surface area contributed by atoms with Gasteiger partial charge in [-0.1, -0.05) is 30.7 Å². The van der Waals surface area contributed by atoms with E-state index in [1.165, 1.54) is 17.6 Å². The minimum atomic E-state index is -0.790. The molecule has 4 fully saturated rings. The number of aliphatic hydroxyl groups is 2. The SMILES string of the molecule is COC(=O)[C@H]1C[C@@H](O)CN1C(=O)CO/N=C1\C=C[C@@]2(C)C(=C1)CC[C@@H]1[C@@H]2CC[C@@]2(C)[C@H]1CC[C@]2(C)O. The predicted octanol–water partition coefficient (Wildman–Crippen LogP) is 2.98. The highest BCUT2D eigenvalue weighted by molar-refractivity contribution is 6.05. The lowest BCUT2D eigenvalue weighted by molar-refractivity contribution is -0.152. The van der Waals surface area contributed by atoms with Gasteiger partial charge in [0.15, 0.2) is 6.61 Å². The summed E-state index contributed by atoms with van der Waals surface area (Å²) in [7, 11) is 1.27. The number of hydrogen-bond acceptors (Lipinski definition) is 7. The van der Waals surface area contributed by atoms with Crippen molar-refractivity contribution in [2.24, 2.45) is 33.7 Å². The number of esters is 1. The number of oxime groups is 1. The zero-order chi connectivity index (χ0) is 25.9. The molecule has 2 N–H and O–H groups in total. The lowest BCUT2D eigenvalue weighted by Crippen LogP contribution is -2.53. The molecule has 3 saturated carbocycles. The molecule has 8 nitrogen and oxygen atoms in total. The summed E-state index contributed by atoms with van der Waals surface area (Å²) < 4.78 is 4.76. The number of rotatable bonds is 4. The van der Waals surface area contributed by atoms with E-state index in [2.05, 4.69) is 31.2 Å². The fourth-order valence-corrected chi connectivity index (χ4v) is 8.20. The topological polar surface area (TPSA) is 109 Å². The number of carbonyl (C=O) groups excluding carboxylic acids is 2. The summed E-state index contributed by atoms with van der Waals surface area (Å²) in [5, 5.41) is 25.2. The lowest BCUT2D eigenvalue weighted by atomic mass is 9.47. The van der Waals surface area contributed by atoms with Gasteiger partial charge in [-0.25, -0.2) is 4.79 Å². The highest BCUT2D eigenvalue weighted by atomic mass is 16.6. The first-order valence-electron chi connectivity index (χ1n) is 13.4. The van der Waals surface area contributed by atoms with Crippen molar-refractivity contribution in [3.8, 4) is 0 Å². The van der Waals surface area contributed by atoms with E-state index in [-0.39, 0.29) is 30.4 Å². The van der Waals surface area contributed by atoms with Gasteiger partial charge in [0.2, 0.25) is 0 Å². The molecule has 0 aromatic rings. The highest BCUT2D eigenvalue weighted by Gasteiger charge is 2.62. The Labute approximate surface area is 213 Å². The van der Waals surface area contributed by atoms with E-state index >= 15 is 0 Å². The van der Waals surface area contributed by atoms with Crippen molar-refractivity contribution in [1.82, 2.24) is 4.90 Å². The van der Waals surface area contributed by atoms with E-state index < -0.39 is 29.6 Å². The quantitative estimate of drug-likeness (QED) is 0.454. The number of likely N-dealkylation sites (tertiary alicyclic amines) is 1.